The molecule has 1 saturated carbocycles. The summed E-state index contributed by atoms with van der Waals surface area (Å²) < 4.78 is 0. The molecular weight excluding hydrogens is 146 g/mol. The van der Waals surface area contributed by atoms with Crippen LogP contribution in [-0.4, -0.2) is 6.04 Å². The van der Waals surface area contributed by atoms with Crippen LogP contribution in [0.15, 0.2) is 0 Å². The first kappa shape index (κ1) is 10.0. The number of nitrogens with two attached hydrogens (primary N) is 1. The molecule has 1 fully saturated rings. The molecule has 0 aromatic heterocycles. The minimum absolute atomic E-state index is 0.378. The summed E-state index contributed by atoms with van der Waals surface area (Å²) in [6.45, 7) is 6.82. The van der Waals surface area contributed by atoms with Crippen LogP contribution in [0.1, 0.15) is 46.5 Å². The van der Waals surface area contributed by atoms with Crippen LogP contribution in [-0.2, 0) is 0 Å². The third kappa shape index (κ3) is 2.48. The lowest BCUT2D eigenvalue weighted by molar-refractivity contribution is 0.205. The normalized spacial score (nSPS) is 36.0. The average Bonchev–Trinajstić information content (AvgIpc) is 2.04. The molecule has 12 heavy (non-hydrogen) atoms. The summed E-state index contributed by atoms with van der Waals surface area (Å²) in [6.07, 6.45) is 5.65. The fourth-order valence-electron chi connectivity index (χ4n) is 2.24. The molecule has 0 saturated heterocycles. The maximum absolute atomic E-state index is 5.90. The van der Waals surface area contributed by atoms with Gasteiger partial charge in [-0.2, -0.15) is 0 Å². The predicted molar refractivity (Wildman–Crippen MR) is 53.9 cm³/mol. The lowest BCUT2D eigenvalue weighted by Crippen LogP contribution is -2.32. The van der Waals surface area contributed by atoms with E-state index in [0.29, 0.717) is 6.04 Å². The molecule has 2 unspecified atom stereocenters. The highest BCUT2D eigenvalue weighted by Gasteiger charge is 2.24. The zero-order valence-electron chi connectivity index (χ0n) is 8.72. The minimum Gasteiger partial charge on any atom is -0.328 e. The highest BCUT2D eigenvalue weighted by Crippen LogP contribution is 2.33. The van der Waals surface area contributed by atoms with Crippen molar-refractivity contribution < 1.29 is 0 Å². The van der Waals surface area contributed by atoms with Gasteiger partial charge in [0, 0.05) is 6.04 Å². The van der Waals surface area contributed by atoms with Gasteiger partial charge in [0.25, 0.3) is 0 Å². The molecule has 1 nitrogen and oxygen atoms in total. The lowest BCUT2D eigenvalue weighted by Gasteiger charge is -2.32. The van der Waals surface area contributed by atoms with E-state index in [9.17, 15) is 0 Å². The average molecular weight is 169 g/mol. The van der Waals surface area contributed by atoms with Crippen molar-refractivity contribution >= 4 is 0 Å². The van der Waals surface area contributed by atoms with E-state index in [2.05, 4.69) is 20.8 Å². The van der Waals surface area contributed by atoms with Crippen molar-refractivity contribution in [2.45, 2.75) is 52.5 Å². The Morgan fingerprint density at radius 2 is 1.58 bits per heavy atom. The summed E-state index contributed by atoms with van der Waals surface area (Å²) in [5.74, 6) is 2.58. The van der Waals surface area contributed by atoms with E-state index in [4.69, 9.17) is 5.73 Å². The fourth-order valence-corrected chi connectivity index (χ4v) is 2.24. The van der Waals surface area contributed by atoms with Gasteiger partial charge >= 0.3 is 0 Å². The molecule has 0 radical (unpaired) electrons. The van der Waals surface area contributed by atoms with Crippen LogP contribution < -0.4 is 5.73 Å². The summed E-state index contributed by atoms with van der Waals surface area (Å²) in [5, 5.41) is 0. The Balaban J connectivity index is 2.34. The van der Waals surface area contributed by atoms with Crippen molar-refractivity contribution in [2.24, 2.45) is 23.5 Å². The first-order valence-electron chi connectivity index (χ1n) is 5.37. The molecule has 0 aliphatic heterocycles. The summed E-state index contributed by atoms with van der Waals surface area (Å²) in [4.78, 5) is 0. The lowest BCUT2D eigenvalue weighted by atomic mass is 9.75. The Kier molecular flexibility index (Phi) is 3.57. The molecular formula is C11H23N. The fraction of sp³-hybridized carbons (Fsp3) is 1.00. The quantitative estimate of drug-likeness (QED) is 0.676. The van der Waals surface area contributed by atoms with Gasteiger partial charge < -0.3 is 5.73 Å². The van der Waals surface area contributed by atoms with E-state index in [-0.39, 0.29) is 0 Å². The van der Waals surface area contributed by atoms with E-state index in [0.717, 1.165) is 17.8 Å². The van der Waals surface area contributed by atoms with Gasteiger partial charge in [0.15, 0.2) is 0 Å². The number of hydrogen-bond donors (Lipinski definition) is 1. The van der Waals surface area contributed by atoms with Crippen LogP contribution >= 0.6 is 0 Å². The van der Waals surface area contributed by atoms with E-state index < -0.39 is 0 Å². The summed E-state index contributed by atoms with van der Waals surface area (Å²) in [5.41, 5.74) is 5.90. The van der Waals surface area contributed by atoms with Crippen LogP contribution in [0.4, 0.5) is 0 Å². The van der Waals surface area contributed by atoms with Crippen LogP contribution in [0.5, 0.6) is 0 Å². The molecule has 1 rings (SSSR count). The Bertz CT molecular complexity index is 123. The standard InChI is InChI=1S/C11H23N/c1-8-4-6-11(7-5-8)9(2)10(3)12/h8-11H,4-7,12H2,1-3H3. The van der Waals surface area contributed by atoms with Gasteiger partial charge in [0.05, 0.1) is 0 Å². The Morgan fingerprint density at radius 3 is 2.00 bits per heavy atom. The van der Waals surface area contributed by atoms with Gasteiger partial charge in [-0.05, 0) is 37.5 Å². The Labute approximate surface area is 76.7 Å². The predicted octanol–water partition coefficient (Wildman–Crippen LogP) is 2.80. The second kappa shape index (κ2) is 4.27. The van der Waals surface area contributed by atoms with E-state index in [1.54, 1.807) is 0 Å². The summed E-state index contributed by atoms with van der Waals surface area (Å²) >= 11 is 0. The molecule has 0 aromatic carbocycles. The first-order chi connectivity index (χ1) is 5.61. The molecule has 72 valence electrons. The van der Waals surface area contributed by atoms with Crippen LogP contribution in [0, 0.1) is 17.8 Å². The van der Waals surface area contributed by atoms with Gasteiger partial charge in [-0.3, -0.25) is 0 Å². The minimum atomic E-state index is 0.378. The molecule has 0 heterocycles. The topological polar surface area (TPSA) is 26.0 Å². The van der Waals surface area contributed by atoms with Crippen molar-refractivity contribution in [3.8, 4) is 0 Å². The molecule has 0 amide bonds. The molecule has 0 spiro atoms. The number of hydrogen-bond acceptors (Lipinski definition) is 1. The van der Waals surface area contributed by atoms with Crippen LogP contribution in [0.25, 0.3) is 0 Å². The number of rotatable bonds is 2. The van der Waals surface area contributed by atoms with E-state index in [1.165, 1.54) is 25.7 Å². The van der Waals surface area contributed by atoms with Gasteiger partial charge in [-0.25, -0.2) is 0 Å². The third-order valence-corrected chi connectivity index (χ3v) is 3.63. The van der Waals surface area contributed by atoms with Crippen molar-refractivity contribution in [3.05, 3.63) is 0 Å². The molecule has 2 atom stereocenters. The summed E-state index contributed by atoms with van der Waals surface area (Å²) in [6, 6.07) is 0.378. The second-order valence-electron chi connectivity index (χ2n) is 4.74. The van der Waals surface area contributed by atoms with Crippen LogP contribution in [0.3, 0.4) is 0 Å². The highest BCUT2D eigenvalue weighted by atomic mass is 14.6. The molecule has 2 N–H and O–H groups in total. The Hall–Kier alpha value is -0.0400. The van der Waals surface area contributed by atoms with E-state index in [1.807, 2.05) is 0 Å². The maximum Gasteiger partial charge on any atom is 0.00387 e. The van der Waals surface area contributed by atoms with Crippen LogP contribution in [0.2, 0.25) is 0 Å². The first-order valence-corrected chi connectivity index (χ1v) is 5.37. The summed E-state index contributed by atoms with van der Waals surface area (Å²) in [7, 11) is 0. The maximum atomic E-state index is 5.90. The van der Waals surface area contributed by atoms with Gasteiger partial charge in [-0.15, -0.1) is 0 Å². The van der Waals surface area contributed by atoms with Gasteiger partial charge in [0.2, 0.25) is 0 Å². The monoisotopic (exact) mass is 169 g/mol. The van der Waals surface area contributed by atoms with Crippen molar-refractivity contribution in [1.82, 2.24) is 0 Å². The largest absolute Gasteiger partial charge is 0.328 e. The molecule has 1 aliphatic rings. The third-order valence-electron chi connectivity index (χ3n) is 3.63. The van der Waals surface area contributed by atoms with Crippen molar-refractivity contribution in [1.29, 1.82) is 0 Å². The molecule has 1 heteroatoms. The zero-order chi connectivity index (χ0) is 9.14. The highest BCUT2D eigenvalue weighted by molar-refractivity contribution is 4.78. The second-order valence-corrected chi connectivity index (χ2v) is 4.74. The SMILES string of the molecule is CC1CCC(C(C)C(C)N)CC1. The van der Waals surface area contributed by atoms with Gasteiger partial charge in [-0.1, -0.05) is 26.7 Å². The molecule has 0 aromatic rings. The zero-order valence-corrected chi connectivity index (χ0v) is 8.72. The Morgan fingerprint density at radius 1 is 1.08 bits per heavy atom. The smallest absolute Gasteiger partial charge is 0.00387 e. The van der Waals surface area contributed by atoms with Gasteiger partial charge in [0.1, 0.15) is 0 Å². The van der Waals surface area contributed by atoms with Crippen molar-refractivity contribution in [2.75, 3.05) is 0 Å². The van der Waals surface area contributed by atoms with Crippen molar-refractivity contribution in [3.63, 3.8) is 0 Å². The van der Waals surface area contributed by atoms with E-state index >= 15 is 0 Å². The molecule has 0 bridgehead atoms. The molecule has 1 aliphatic carbocycles.